The molecule has 0 aliphatic carbocycles. The van der Waals surface area contributed by atoms with E-state index in [2.05, 4.69) is 35.1 Å². The molecule has 0 saturated carbocycles. The van der Waals surface area contributed by atoms with Crippen molar-refractivity contribution >= 4 is 15.9 Å². The lowest BCUT2D eigenvalue weighted by Gasteiger charge is -2.21. The Kier molecular flexibility index (Phi) is 6.14. The van der Waals surface area contributed by atoms with Crippen molar-refractivity contribution in [1.29, 1.82) is 0 Å². The minimum absolute atomic E-state index is 0.189. The Bertz CT molecular complexity index is 354. The number of benzene rings is 1. The molecule has 1 aromatic carbocycles. The van der Waals surface area contributed by atoms with Crippen LogP contribution in [0.25, 0.3) is 0 Å². The third kappa shape index (κ3) is 4.40. The lowest BCUT2D eigenvalue weighted by molar-refractivity contribution is 0.406. The summed E-state index contributed by atoms with van der Waals surface area (Å²) in [6, 6.07) is 5.61. The zero-order valence-electron chi connectivity index (χ0n) is 10.8. The van der Waals surface area contributed by atoms with E-state index in [0.29, 0.717) is 10.4 Å². The molecule has 17 heavy (non-hydrogen) atoms. The molecule has 0 heterocycles. The summed E-state index contributed by atoms with van der Waals surface area (Å²) in [5.41, 5.74) is 1.02. The molecule has 2 atom stereocenters. The first-order valence-electron chi connectivity index (χ1n) is 6.20. The van der Waals surface area contributed by atoms with Crippen LogP contribution in [0.1, 0.15) is 44.7 Å². The molecule has 1 aromatic rings. The predicted molar refractivity (Wildman–Crippen MR) is 74.6 cm³/mol. The number of nitrogens with one attached hydrogen (secondary N) is 1. The van der Waals surface area contributed by atoms with Crippen molar-refractivity contribution in [1.82, 2.24) is 5.32 Å². The summed E-state index contributed by atoms with van der Waals surface area (Å²) >= 11 is 3.18. The molecule has 0 aliphatic heterocycles. The summed E-state index contributed by atoms with van der Waals surface area (Å²) < 4.78 is 14.0. The van der Waals surface area contributed by atoms with Gasteiger partial charge in [-0.15, -0.1) is 0 Å². The molecule has 1 nitrogen and oxygen atoms in total. The molecule has 0 saturated heterocycles. The van der Waals surface area contributed by atoms with Gasteiger partial charge in [0.05, 0.1) is 4.47 Å². The SMILES string of the molecule is CCCC(C)CC(NC)c1ccc(Br)c(F)c1. The standard InChI is InChI=1S/C14H21BrFN/c1-4-5-10(2)8-14(17-3)11-6-7-12(15)13(16)9-11/h6-7,9-10,14,17H,4-5,8H2,1-3H3. The fraction of sp³-hybridized carbons (Fsp3) is 0.571. The zero-order chi connectivity index (χ0) is 12.8. The van der Waals surface area contributed by atoms with Crippen LogP contribution >= 0.6 is 15.9 Å². The fourth-order valence-electron chi connectivity index (χ4n) is 2.16. The van der Waals surface area contributed by atoms with Crippen molar-refractivity contribution < 1.29 is 4.39 Å². The van der Waals surface area contributed by atoms with Gasteiger partial charge >= 0.3 is 0 Å². The molecule has 0 amide bonds. The second-order valence-electron chi connectivity index (χ2n) is 4.64. The number of hydrogen-bond donors (Lipinski definition) is 1. The van der Waals surface area contributed by atoms with Crippen LogP contribution < -0.4 is 5.32 Å². The molecule has 0 aliphatic rings. The smallest absolute Gasteiger partial charge is 0.137 e. The average molecular weight is 302 g/mol. The molecule has 1 rings (SSSR count). The highest BCUT2D eigenvalue weighted by Gasteiger charge is 2.14. The van der Waals surface area contributed by atoms with E-state index >= 15 is 0 Å². The first kappa shape index (κ1) is 14.7. The van der Waals surface area contributed by atoms with Crippen LogP contribution in [0.2, 0.25) is 0 Å². The molecule has 3 heteroatoms. The molecule has 0 fully saturated rings. The van der Waals surface area contributed by atoms with Crippen molar-refractivity contribution in [2.24, 2.45) is 5.92 Å². The molecule has 96 valence electrons. The van der Waals surface area contributed by atoms with Crippen LogP contribution in [-0.2, 0) is 0 Å². The van der Waals surface area contributed by atoms with Crippen LogP contribution in [0.3, 0.4) is 0 Å². The van der Waals surface area contributed by atoms with E-state index in [-0.39, 0.29) is 11.9 Å². The topological polar surface area (TPSA) is 12.0 Å². The summed E-state index contributed by atoms with van der Waals surface area (Å²) in [5.74, 6) is 0.468. The predicted octanol–water partition coefficient (Wildman–Crippen LogP) is 4.68. The lowest BCUT2D eigenvalue weighted by atomic mass is 9.93. The third-order valence-corrected chi connectivity index (χ3v) is 3.76. The minimum atomic E-state index is -0.189. The summed E-state index contributed by atoms with van der Waals surface area (Å²) in [6.07, 6.45) is 3.47. The second kappa shape index (κ2) is 7.12. The van der Waals surface area contributed by atoms with E-state index in [1.54, 1.807) is 12.1 Å². The monoisotopic (exact) mass is 301 g/mol. The van der Waals surface area contributed by atoms with Gasteiger partial charge < -0.3 is 5.32 Å². The maximum atomic E-state index is 13.5. The first-order chi connectivity index (χ1) is 8.08. The molecular weight excluding hydrogens is 281 g/mol. The Hall–Kier alpha value is -0.410. The molecular formula is C14H21BrFN. The van der Waals surface area contributed by atoms with Gasteiger partial charge in [-0.3, -0.25) is 0 Å². The van der Waals surface area contributed by atoms with E-state index in [1.807, 2.05) is 13.1 Å². The molecule has 0 aromatic heterocycles. The highest BCUT2D eigenvalue weighted by molar-refractivity contribution is 9.10. The van der Waals surface area contributed by atoms with Gasteiger partial charge in [0.15, 0.2) is 0 Å². The normalized spacial score (nSPS) is 14.6. The quantitative estimate of drug-likeness (QED) is 0.805. The van der Waals surface area contributed by atoms with Crippen LogP contribution in [0, 0.1) is 11.7 Å². The first-order valence-corrected chi connectivity index (χ1v) is 7.00. The minimum Gasteiger partial charge on any atom is -0.313 e. The van der Waals surface area contributed by atoms with Crippen molar-refractivity contribution in [2.75, 3.05) is 7.05 Å². The Morgan fingerprint density at radius 1 is 1.41 bits per heavy atom. The van der Waals surface area contributed by atoms with E-state index in [1.165, 1.54) is 12.8 Å². The maximum absolute atomic E-state index is 13.5. The molecule has 0 bridgehead atoms. The van der Waals surface area contributed by atoms with E-state index in [9.17, 15) is 4.39 Å². The van der Waals surface area contributed by atoms with Gasteiger partial charge in [-0.05, 0) is 53.0 Å². The summed E-state index contributed by atoms with van der Waals surface area (Å²) in [6.45, 7) is 4.45. The summed E-state index contributed by atoms with van der Waals surface area (Å²) in [7, 11) is 1.93. The largest absolute Gasteiger partial charge is 0.313 e. The van der Waals surface area contributed by atoms with Gasteiger partial charge in [0.25, 0.3) is 0 Å². The van der Waals surface area contributed by atoms with Crippen molar-refractivity contribution in [3.8, 4) is 0 Å². The number of halogens is 2. The van der Waals surface area contributed by atoms with E-state index in [4.69, 9.17) is 0 Å². The molecule has 2 unspecified atom stereocenters. The van der Waals surface area contributed by atoms with Gasteiger partial charge in [0.1, 0.15) is 5.82 Å². The number of hydrogen-bond acceptors (Lipinski definition) is 1. The van der Waals surface area contributed by atoms with Gasteiger partial charge in [-0.2, -0.15) is 0 Å². The van der Waals surface area contributed by atoms with Crippen LogP contribution in [0.5, 0.6) is 0 Å². The zero-order valence-corrected chi connectivity index (χ0v) is 12.3. The summed E-state index contributed by atoms with van der Waals surface area (Å²) in [4.78, 5) is 0. The van der Waals surface area contributed by atoms with Gasteiger partial charge in [0.2, 0.25) is 0 Å². The Morgan fingerprint density at radius 2 is 2.12 bits per heavy atom. The van der Waals surface area contributed by atoms with Crippen molar-refractivity contribution in [3.63, 3.8) is 0 Å². The van der Waals surface area contributed by atoms with E-state index in [0.717, 1.165) is 12.0 Å². The molecule has 0 spiro atoms. The van der Waals surface area contributed by atoms with Crippen LogP contribution in [0.4, 0.5) is 4.39 Å². The average Bonchev–Trinajstić information content (AvgIpc) is 2.30. The highest BCUT2D eigenvalue weighted by Crippen LogP contribution is 2.26. The van der Waals surface area contributed by atoms with Crippen LogP contribution in [0.15, 0.2) is 22.7 Å². The van der Waals surface area contributed by atoms with E-state index < -0.39 is 0 Å². The van der Waals surface area contributed by atoms with Gasteiger partial charge in [-0.1, -0.05) is 32.8 Å². The van der Waals surface area contributed by atoms with Gasteiger partial charge in [0, 0.05) is 6.04 Å². The third-order valence-electron chi connectivity index (χ3n) is 3.11. The number of rotatable bonds is 6. The molecule has 0 radical (unpaired) electrons. The fourth-order valence-corrected chi connectivity index (χ4v) is 2.41. The maximum Gasteiger partial charge on any atom is 0.137 e. The molecule has 1 N–H and O–H groups in total. The lowest BCUT2D eigenvalue weighted by Crippen LogP contribution is -2.19. The second-order valence-corrected chi connectivity index (χ2v) is 5.50. The summed E-state index contributed by atoms with van der Waals surface area (Å²) in [5, 5.41) is 3.27. The Labute approximate surface area is 112 Å². The van der Waals surface area contributed by atoms with Crippen molar-refractivity contribution in [2.45, 2.75) is 39.2 Å². The Balaban J connectivity index is 2.75. The van der Waals surface area contributed by atoms with Crippen molar-refractivity contribution in [3.05, 3.63) is 34.1 Å². The Morgan fingerprint density at radius 3 is 2.65 bits per heavy atom. The van der Waals surface area contributed by atoms with Gasteiger partial charge in [-0.25, -0.2) is 4.39 Å². The highest BCUT2D eigenvalue weighted by atomic mass is 79.9. The van der Waals surface area contributed by atoms with Crippen LogP contribution in [-0.4, -0.2) is 7.05 Å².